The number of aryl methyl sites for hydroxylation is 1. The molecule has 0 bridgehead atoms. The molecule has 1 aliphatic rings. The highest BCUT2D eigenvalue weighted by molar-refractivity contribution is 6.12. The van der Waals surface area contributed by atoms with Crippen molar-refractivity contribution in [2.45, 2.75) is 12.8 Å². The zero-order valence-corrected chi connectivity index (χ0v) is 13.4. The lowest BCUT2D eigenvalue weighted by molar-refractivity contribution is 0.102. The van der Waals surface area contributed by atoms with E-state index in [1.165, 1.54) is 0 Å². The molecule has 120 valence electrons. The molecule has 1 aromatic carbocycles. The fourth-order valence-electron chi connectivity index (χ4n) is 2.76. The Labute approximate surface area is 135 Å². The molecule has 5 heteroatoms. The van der Waals surface area contributed by atoms with Crippen LogP contribution in [0.4, 0.5) is 0 Å². The van der Waals surface area contributed by atoms with Crippen LogP contribution in [0.25, 0.3) is 6.08 Å². The Morgan fingerprint density at radius 1 is 1.30 bits per heavy atom. The second-order valence-corrected chi connectivity index (χ2v) is 5.54. The van der Waals surface area contributed by atoms with Crippen LogP contribution in [0, 0.1) is 0 Å². The number of benzene rings is 1. The third-order valence-corrected chi connectivity index (χ3v) is 3.98. The molecule has 5 nitrogen and oxygen atoms in total. The van der Waals surface area contributed by atoms with Gasteiger partial charge in [0.2, 0.25) is 0 Å². The number of ether oxygens (including phenoxy) is 2. The molecule has 1 heterocycles. The molecule has 0 saturated carbocycles. The molecule has 0 N–H and O–H groups in total. The number of allylic oxidation sites excluding steroid dienone is 1. The molecule has 0 spiro atoms. The van der Waals surface area contributed by atoms with E-state index < -0.39 is 0 Å². The summed E-state index contributed by atoms with van der Waals surface area (Å²) in [7, 11) is 3.52. The summed E-state index contributed by atoms with van der Waals surface area (Å²) >= 11 is 0. The molecule has 0 unspecified atom stereocenters. The van der Waals surface area contributed by atoms with Gasteiger partial charge in [-0.25, -0.2) is 0 Å². The second-order valence-electron chi connectivity index (χ2n) is 5.54. The Bertz CT molecular complexity index is 746. The number of ketones is 1. The Hall–Kier alpha value is -2.40. The predicted octanol–water partition coefficient (Wildman–Crippen LogP) is 2.66. The highest BCUT2D eigenvalue weighted by Crippen LogP contribution is 2.27. The van der Waals surface area contributed by atoms with Gasteiger partial charge < -0.3 is 9.47 Å². The molecule has 1 aromatic heterocycles. The first-order chi connectivity index (χ1) is 11.2. The summed E-state index contributed by atoms with van der Waals surface area (Å²) < 4.78 is 12.4. The molecule has 3 rings (SSSR count). The topological polar surface area (TPSA) is 53.4 Å². The van der Waals surface area contributed by atoms with E-state index in [0.717, 1.165) is 41.0 Å². The van der Waals surface area contributed by atoms with Gasteiger partial charge in [-0.15, -0.1) is 0 Å². The SMILES string of the molecule is COCCOc1cccc(/C=C2\CCc3c(cnn3C)C2=O)c1. The summed E-state index contributed by atoms with van der Waals surface area (Å²) in [6.45, 7) is 1.06. The molecule has 0 aliphatic heterocycles. The third kappa shape index (κ3) is 3.35. The average molecular weight is 312 g/mol. The maximum Gasteiger partial charge on any atom is 0.192 e. The lowest BCUT2D eigenvalue weighted by Gasteiger charge is -2.14. The van der Waals surface area contributed by atoms with Crippen LogP contribution in [0.1, 0.15) is 28.0 Å². The largest absolute Gasteiger partial charge is 0.491 e. The first-order valence-corrected chi connectivity index (χ1v) is 7.67. The van der Waals surface area contributed by atoms with Crippen molar-refractivity contribution in [1.29, 1.82) is 0 Å². The minimum absolute atomic E-state index is 0.0741. The van der Waals surface area contributed by atoms with Gasteiger partial charge in [-0.05, 0) is 36.6 Å². The van der Waals surface area contributed by atoms with Crippen molar-refractivity contribution >= 4 is 11.9 Å². The van der Waals surface area contributed by atoms with Gasteiger partial charge in [0.05, 0.1) is 18.4 Å². The number of rotatable bonds is 5. The van der Waals surface area contributed by atoms with Crippen LogP contribution in [0.5, 0.6) is 5.75 Å². The van der Waals surface area contributed by atoms with Crippen LogP contribution < -0.4 is 4.74 Å². The normalized spacial score (nSPS) is 15.7. The summed E-state index contributed by atoms with van der Waals surface area (Å²) in [6.07, 6.45) is 5.18. The van der Waals surface area contributed by atoms with Gasteiger partial charge in [-0.1, -0.05) is 12.1 Å². The van der Waals surface area contributed by atoms with Crippen molar-refractivity contribution in [3.63, 3.8) is 0 Å². The number of nitrogens with zero attached hydrogens (tertiary/aromatic N) is 2. The first kappa shape index (κ1) is 15.5. The number of carbonyl (C=O) groups excluding carboxylic acids is 1. The Morgan fingerprint density at radius 2 is 2.17 bits per heavy atom. The zero-order valence-electron chi connectivity index (χ0n) is 13.4. The van der Waals surface area contributed by atoms with E-state index in [1.54, 1.807) is 18.0 Å². The number of methoxy groups -OCH3 is 1. The van der Waals surface area contributed by atoms with Gasteiger partial charge in [0.1, 0.15) is 12.4 Å². The highest BCUT2D eigenvalue weighted by atomic mass is 16.5. The minimum atomic E-state index is 0.0741. The van der Waals surface area contributed by atoms with Crippen molar-refractivity contribution < 1.29 is 14.3 Å². The maximum absolute atomic E-state index is 12.6. The summed E-state index contributed by atoms with van der Waals surface area (Å²) in [5, 5.41) is 4.18. The zero-order chi connectivity index (χ0) is 16.2. The van der Waals surface area contributed by atoms with E-state index in [1.807, 2.05) is 37.4 Å². The minimum Gasteiger partial charge on any atom is -0.491 e. The van der Waals surface area contributed by atoms with Gasteiger partial charge in [0.15, 0.2) is 5.78 Å². The fourth-order valence-corrected chi connectivity index (χ4v) is 2.76. The van der Waals surface area contributed by atoms with Crippen LogP contribution in [0.15, 0.2) is 36.0 Å². The van der Waals surface area contributed by atoms with Crippen LogP contribution in [-0.2, 0) is 18.2 Å². The number of Topliss-reactive ketones (excluding diaryl/α,β-unsaturated/α-hetero) is 1. The van der Waals surface area contributed by atoms with Crippen molar-refractivity contribution in [2.24, 2.45) is 7.05 Å². The van der Waals surface area contributed by atoms with Gasteiger partial charge >= 0.3 is 0 Å². The number of carbonyl (C=O) groups is 1. The lowest BCUT2D eigenvalue weighted by Crippen LogP contribution is -2.15. The first-order valence-electron chi connectivity index (χ1n) is 7.67. The van der Waals surface area contributed by atoms with Crippen LogP contribution in [0.2, 0.25) is 0 Å². The quantitative estimate of drug-likeness (QED) is 0.629. The molecule has 2 aromatic rings. The molecule has 0 saturated heterocycles. The number of hydrogen-bond donors (Lipinski definition) is 0. The summed E-state index contributed by atoms with van der Waals surface area (Å²) in [5.41, 5.74) is 3.52. The summed E-state index contributed by atoms with van der Waals surface area (Å²) in [6, 6.07) is 7.74. The van der Waals surface area contributed by atoms with Crippen molar-refractivity contribution in [2.75, 3.05) is 20.3 Å². The van der Waals surface area contributed by atoms with E-state index in [-0.39, 0.29) is 5.78 Å². The smallest absolute Gasteiger partial charge is 0.192 e. The molecule has 0 amide bonds. The second kappa shape index (κ2) is 6.79. The molecule has 1 aliphatic carbocycles. The van der Waals surface area contributed by atoms with Crippen molar-refractivity contribution in [3.8, 4) is 5.75 Å². The Kier molecular flexibility index (Phi) is 4.57. The van der Waals surface area contributed by atoms with Gasteiger partial charge in [-0.3, -0.25) is 9.48 Å². The Balaban J connectivity index is 1.79. The van der Waals surface area contributed by atoms with E-state index in [0.29, 0.717) is 13.2 Å². The molecule has 23 heavy (non-hydrogen) atoms. The van der Waals surface area contributed by atoms with Gasteiger partial charge in [0.25, 0.3) is 0 Å². The van der Waals surface area contributed by atoms with Crippen LogP contribution in [0.3, 0.4) is 0 Å². The molecule has 0 radical (unpaired) electrons. The molecular weight excluding hydrogens is 292 g/mol. The molecular formula is C18H20N2O3. The lowest BCUT2D eigenvalue weighted by atomic mass is 9.90. The van der Waals surface area contributed by atoms with E-state index in [2.05, 4.69) is 5.10 Å². The fraction of sp³-hybridized carbons (Fsp3) is 0.333. The van der Waals surface area contributed by atoms with Gasteiger partial charge in [-0.2, -0.15) is 5.10 Å². The van der Waals surface area contributed by atoms with Crippen molar-refractivity contribution in [3.05, 3.63) is 52.9 Å². The maximum atomic E-state index is 12.6. The highest BCUT2D eigenvalue weighted by Gasteiger charge is 2.24. The van der Waals surface area contributed by atoms with E-state index in [4.69, 9.17) is 9.47 Å². The standard InChI is InChI=1S/C18H20N2O3/c1-20-17-7-6-14(18(21)16(17)12-19-20)10-13-4-3-5-15(11-13)23-9-8-22-2/h3-5,10-12H,6-9H2,1-2H3/b14-10+. The Morgan fingerprint density at radius 3 is 3.00 bits per heavy atom. The van der Waals surface area contributed by atoms with Crippen LogP contribution >= 0.6 is 0 Å². The van der Waals surface area contributed by atoms with Crippen LogP contribution in [-0.4, -0.2) is 35.9 Å². The average Bonchev–Trinajstić information content (AvgIpc) is 2.93. The molecule has 0 atom stereocenters. The predicted molar refractivity (Wildman–Crippen MR) is 87.6 cm³/mol. The summed E-state index contributed by atoms with van der Waals surface area (Å²) in [5.74, 6) is 0.853. The van der Waals surface area contributed by atoms with Gasteiger partial charge in [0, 0.05) is 25.4 Å². The van der Waals surface area contributed by atoms with E-state index in [9.17, 15) is 4.79 Å². The van der Waals surface area contributed by atoms with Crippen molar-refractivity contribution in [1.82, 2.24) is 9.78 Å². The van der Waals surface area contributed by atoms with E-state index >= 15 is 0 Å². The number of fused-ring (bicyclic) bond motifs is 1. The third-order valence-electron chi connectivity index (χ3n) is 3.98. The number of hydrogen-bond acceptors (Lipinski definition) is 4. The molecule has 0 fully saturated rings. The summed E-state index contributed by atoms with van der Waals surface area (Å²) in [4.78, 5) is 12.6. The monoisotopic (exact) mass is 312 g/mol. The number of aromatic nitrogens is 2.